The van der Waals surface area contributed by atoms with Gasteiger partial charge in [-0.05, 0) is 59.7 Å². The second-order valence-corrected chi connectivity index (χ2v) is 9.89. The van der Waals surface area contributed by atoms with E-state index in [4.69, 9.17) is 11.6 Å². The third kappa shape index (κ3) is 6.90. The Labute approximate surface area is 201 Å². The van der Waals surface area contributed by atoms with E-state index in [1.54, 1.807) is 12.1 Å². The number of amides is 1. The van der Waals surface area contributed by atoms with Gasteiger partial charge in [0.05, 0.1) is 0 Å². The van der Waals surface area contributed by atoms with Crippen LogP contribution < -0.4 is 9.44 Å². The molecule has 5 nitrogen and oxygen atoms in total. The van der Waals surface area contributed by atoms with E-state index in [0.29, 0.717) is 23.6 Å². The van der Waals surface area contributed by atoms with Crippen molar-refractivity contribution in [3.63, 3.8) is 0 Å². The van der Waals surface area contributed by atoms with E-state index in [1.807, 2.05) is 68.4 Å². The molecule has 3 aromatic carbocycles. The van der Waals surface area contributed by atoms with Crippen molar-refractivity contribution in [3.05, 3.63) is 94.0 Å². The summed E-state index contributed by atoms with van der Waals surface area (Å²) in [5.41, 5.74) is 4.88. The maximum Gasteiger partial charge on any atom is 0.301 e. The highest BCUT2D eigenvalue weighted by Gasteiger charge is 2.20. The Morgan fingerprint density at radius 1 is 0.939 bits per heavy atom. The quantitative estimate of drug-likeness (QED) is 0.364. The van der Waals surface area contributed by atoms with Crippen LogP contribution in [0.4, 0.5) is 0 Å². The summed E-state index contributed by atoms with van der Waals surface area (Å²) >= 11 is 6.60. The smallest absolute Gasteiger partial charge is 0.268 e. The van der Waals surface area contributed by atoms with Gasteiger partial charge in [-0.2, -0.15) is 13.1 Å². The zero-order valence-electron chi connectivity index (χ0n) is 18.9. The van der Waals surface area contributed by atoms with Gasteiger partial charge < -0.3 is 0 Å². The number of carbonyl (C=O) groups excluding carboxylic acids is 1. The number of rotatable bonds is 10. The molecule has 0 radical (unpaired) electrons. The summed E-state index contributed by atoms with van der Waals surface area (Å²) < 4.78 is 29.2. The summed E-state index contributed by atoms with van der Waals surface area (Å²) in [4.78, 5) is 12.9. The van der Waals surface area contributed by atoms with Crippen molar-refractivity contribution in [1.82, 2.24) is 9.44 Å². The van der Waals surface area contributed by atoms with Crippen molar-refractivity contribution in [2.75, 3.05) is 6.54 Å². The molecule has 3 rings (SSSR count). The van der Waals surface area contributed by atoms with Gasteiger partial charge in [-0.15, -0.1) is 0 Å². The fourth-order valence-corrected chi connectivity index (χ4v) is 4.72. The molecular weight excluding hydrogens is 456 g/mol. The molecule has 33 heavy (non-hydrogen) atoms. The molecule has 1 amide bonds. The Hall–Kier alpha value is -2.67. The Morgan fingerprint density at radius 3 is 2.39 bits per heavy atom. The van der Waals surface area contributed by atoms with Crippen LogP contribution in [0.15, 0.2) is 66.7 Å². The molecule has 3 aromatic rings. The van der Waals surface area contributed by atoms with Crippen LogP contribution in [0.5, 0.6) is 0 Å². The number of benzene rings is 3. The molecule has 0 saturated heterocycles. The molecular formula is C26H29ClN2O3S. The number of carbonyl (C=O) groups is 1. The summed E-state index contributed by atoms with van der Waals surface area (Å²) in [5.74, 6) is -0.659. The number of hydrogen-bond donors (Lipinski definition) is 2. The van der Waals surface area contributed by atoms with Gasteiger partial charge in [0.2, 0.25) is 0 Å². The molecule has 0 aliphatic heterocycles. The summed E-state index contributed by atoms with van der Waals surface area (Å²) in [7, 11) is -3.93. The fourth-order valence-electron chi connectivity index (χ4n) is 3.64. The molecule has 0 heterocycles. The molecule has 7 heteroatoms. The van der Waals surface area contributed by atoms with Crippen molar-refractivity contribution in [3.8, 4) is 11.1 Å². The van der Waals surface area contributed by atoms with Crippen molar-refractivity contribution in [1.29, 1.82) is 0 Å². The Kier molecular flexibility index (Phi) is 8.67. The van der Waals surface area contributed by atoms with Gasteiger partial charge in [-0.3, -0.25) is 4.79 Å². The molecule has 0 bridgehead atoms. The van der Waals surface area contributed by atoms with E-state index in [0.717, 1.165) is 47.1 Å². The summed E-state index contributed by atoms with van der Waals surface area (Å²) in [6, 6.07) is 21.1. The van der Waals surface area contributed by atoms with E-state index in [2.05, 4.69) is 9.44 Å². The minimum atomic E-state index is -3.93. The number of aryl methyl sites for hydroxylation is 1. The van der Waals surface area contributed by atoms with Crippen LogP contribution in [-0.2, 0) is 16.6 Å². The van der Waals surface area contributed by atoms with Crippen molar-refractivity contribution < 1.29 is 13.2 Å². The van der Waals surface area contributed by atoms with E-state index in [1.165, 1.54) is 0 Å². The standard InChI is InChI=1S/C26H29ClN2O3S/c1-3-4-8-16-28-33(31,32)29-26(30)23-13-9-10-19(2)24(23)17-22-15-14-21(18-25(22)27)20-11-6-5-7-12-20/h5-7,9-15,18,28H,3-4,8,16-17H2,1-2H3,(H,29,30). The monoisotopic (exact) mass is 484 g/mol. The molecule has 0 aromatic heterocycles. The van der Waals surface area contributed by atoms with Gasteiger partial charge in [0.1, 0.15) is 0 Å². The lowest BCUT2D eigenvalue weighted by Gasteiger charge is -2.15. The fraction of sp³-hybridized carbons (Fsp3) is 0.269. The van der Waals surface area contributed by atoms with E-state index in [-0.39, 0.29) is 0 Å². The summed E-state index contributed by atoms with van der Waals surface area (Å²) in [6.07, 6.45) is 3.03. The topological polar surface area (TPSA) is 75.3 Å². The van der Waals surface area contributed by atoms with Gasteiger partial charge in [0.25, 0.3) is 5.91 Å². The van der Waals surface area contributed by atoms with Gasteiger partial charge >= 0.3 is 10.2 Å². The highest BCUT2D eigenvalue weighted by molar-refractivity contribution is 7.88. The molecule has 0 aliphatic rings. The van der Waals surface area contributed by atoms with Crippen LogP contribution in [-0.4, -0.2) is 20.9 Å². The Bertz CT molecular complexity index is 1210. The number of halogens is 1. The first-order valence-electron chi connectivity index (χ1n) is 11.0. The first-order valence-corrected chi connectivity index (χ1v) is 12.9. The zero-order valence-corrected chi connectivity index (χ0v) is 20.5. The molecule has 0 atom stereocenters. The lowest BCUT2D eigenvalue weighted by molar-refractivity contribution is 0.0980. The van der Waals surface area contributed by atoms with E-state index >= 15 is 0 Å². The first kappa shape index (κ1) is 25.0. The molecule has 0 spiro atoms. The average Bonchev–Trinajstić information content (AvgIpc) is 2.79. The van der Waals surface area contributed by atoms with Crippen LogP contribution in [0.3, 0.4) is 0 Å². The minimum absolute atomic E-state index is 0.292. The SMILES string of the molecule is CCCCCNS(=O)(=O)NC(=O)c1cccc(C)c1Cc1ccc(-c2ccccc2)cc1Cl. The zero-order chi connectivity index (χ0) is 23.8. The van der Waals surface area contributed by atoms with Gasteiger partial charge in [-0.1, -0.05) is 86.0 Å². The molecule has 2 N–H and O–H groups in total. The number of nitrogens with one attached hydrogen (secondary N) is 2. The minimum Gasteiger partial charge on any atom is -0.268 e. The molecule has 0 saturated carbocycles. The van der Waals surface area contributed by atoms with E-state index in [9.17, 15) is 13.2 Å². The summed E-state index contributed by atoms with van der Waals surface area (Å²) in [6.45, 7) is 4.23. The third-order valence-electron chi connectivity index (χ3n) is 5.48. The lowest BCUT2D eigenvalue weighted by atomic mass is 9.94. The van der Waals surface area contributed by atoms with Gasteiger partial charge in [-0.25, -0.2) is 4.72 Å². The number of unbranched alkanes of at least 4 members (excludes halogenated alkanes) is 2. The third-order valence-corrected chi connectivity index (χ3v) is 6.87. The second kappa shape index (κ2) is 11.5. The molecule has 0 unspecified atom stereocenters. The normalized spacial score (nSPS) is 11.4. The van der Waals surface area contributed by atoms with Crippen LogP contribution >= 0.6 is 11.6 Å². The molecule has 174 valence electrons. The highest BCUT2D eigenvalue weighted by atomic mass is 35.5. The van der Waals surface area contributed by atoms with E-state index < -0.39 is 16.1 Å². The highest BCUT2D eigenvalue weighted by Crippen LogP contribution is 2.28. The Balaban J connectivity index is 1.80. The van der Waals surface area contributed by atoms with Crippen LogP contribution in [0.25, 0.3) is 11.1 Å². The van der Waals surface area contributed by atoms with Gasteiger partial charge in [0.15, 0.2) is 0 Å². The van der Waals surface area contributed by atoms with Crippen LogP contribution in [0, 0.1) is 6.92 Å². The molecule has 0 fully saturated rings. The van der Waals surface area contributed by atoms with Crippen LogP contribution in [0.2, 0.25) is 5.02 Å². The average molecular weight is 485 g/mol. The maximum atomic E-state index is 12.9. The largest absolute Gasteiger partial charge is 0.301 e. The van der Waals surface area contributed by atoms with Crippen molar-refractivity contribution in [2.24, 2.45) is 0 Å². The second-order valence-electron chi connectivity index (χ2n) is 7.99. The van der Waals surface area contributed by atoms with Crippen molar-refractivity contribution >= 4 is 27.7 Å². The summed E-state index contributed by atoms with van der Waals surface area (Å²) in [5, 5.41) is 0.594. The van der Waals surface area contributed by atoms with Crippen molar-refractivity contribution in [2.45, 2.75) is 39.5 Å². The maximum absolute atomic E-state index is 12.9. The number of hydrogen-bond acceptors (Lipinski definition) is 3. The van der Waals surface area contributed by atoms with Gasteiger partial charge in [0, 0.05) is 17.1 Å². The predicted molar refractivity (Wildman–Crippen MR) is 135 cm³/mol. The van der Waals surface area contributed by atoms with Crippen LogP contribution in [0.1, 0.15) is 53.2 Å². The predicted octanol–water partition coefficient (Wildman–Crippen LogP) is 5.66. The lowest BCUT2D eigenvalue weighted by Crippen LogP contribution is -2.41. The first-order chi connectivity index (χ1) is 15.8. The molecule has 0 aliphatic carbocycles. The Morgan fingerprint density at radius 2 is 1.70 bits per heavy atom.